The molecule has 1 saturated carbocycles. The van der Waals surface area contributed by atoms with Crippen molar-refractivity contribution in [1.82, 2.24) is 20.1 Å². The molecule has 0 radical (unpaired) electrons. The lowest BCUT2D eigenvalue weighted by atomic mass is 9.85. The normalized spacial score (nSPS) is 22.5. The van der Waals surface area contributed by atoms with Crippen LogP contribution >= 0.6 is 0 Å². The zero-order valence-electron chi connectivity index (χ0n) is 21.2. The van der Waals surface area contributed by atoms with E-state index in [9.17, 15) is 14.7 Å². The molecule has 1 aromatic heterocycles. The Morgan fingerprint density at radius 1 is 1.23 bits per heavy atom. The predicted molar refractivity (Wildman–Crippen MR) is 136 cm³/mol. The van der Waals surface area contributed by atoms with Gasteiger partial charge in [0.25, 0.3) is 0 Å². The van der Waals surface area contributed by atoms with Crippen molar-refractivity contribution >= 4 is 22.7 Å². The molecule has 0 unspecified atom stereocenters. The molecule has 1 aliphatic heterocycles. The van der Waals surface area contributed by atoms with Crippen molar-refractivity contribution in [1.29, 1.82) is 0 Å². The summed E-state index contributed by atoms with van der Waals surface area (Å²) in [6, 6.07) is 8.49. The lowest BCUT2D eigenvalue weighted by Gasteiger charge is -2.37. The lowest BCUT2D eigenvalue weighted by molar-refractivity contribution is -0.146. The van der Waals surface area contributed by atoms with Gasteiger partial charge in [0.05, 0.1) is 17.9 Å². The fourth-order valence-corrected chi connectivity index (χ4v) is 5.02. The molecular formula is C27H40N4O4. The number of aliphatic hydroxyl groups is 1. The monoisotopic (exact) mass is 484 g/mol. The van der Waals surface area contributed by atoms with Gasteiger partial charge in [-0.05, 0) is 36.8 Å². The molecule has 2 aromatic rings. The van der Waals surface area contributed by atoms with E-state index in [2.05, 4.69) is 33.5 Å². The van der Waals surface area contributed by atoms with Crippen molar-refractivity contribution in [3.8, 4) is 0 Å². The summed E-state index contributed by atoms with van der Waals surface area (Å²) in [5.74, 6) is -1.18. The van der Waals surface area contributed by atoms with Crippen LogP contribution in [0.25, 0.3) is 10.9 Å². The number of carbonyl (C=O) groups is 2. The third kappa shape index (κ3) is 6.05. The van der Waals surface area contributed by atoms with Gasteiger partial charge < -0.3 is 29.9 Å². The molecule has 8 heteroatoms. The summed E-state index contributed by atoms with van der Waals surface area (Å²) in [5, 5.41) is 18.4. The number of benzene rings is 1. The second-order valence-corrected chi connectivity index (χ2v) is 10.4. The first-order valence-electron chi connectivity index (χ1n) is 12.9. The fourth-order valence-electron chi connectivity index (χ4n) is 5.02. The van der Waals surface area contributed by atoms with Crippen LogP contribution in [0.5, 0.6) is 0 Å². The number of nitrogens with one attached hydrogen (secondary N) is 2. The standard InChI is InChI=1S/C27H40N4O4/c1-18(2)13-29-26(33)22-14-28-15-23(25(22)32)27(34)31(20-9-10-20)17-19-16-30(11-6-12-35-3)24-8-5-4-7-21(19)24/h4-5,7-8,16,18,20,22-23,25,28,32H,6,9-15,17H2,1-3H3,(H,29,33)/t22-,23+,25-/m1/s1. The molecule has 8 nitrogen and oxygen atoms in total. The highest BCUT2D eigenvalue weighted by atomic mass is 16.5. The van der Waals surface area contributed by atoms with E-state index in [-0.39, 0.29) is 17.9 Å². The average molecular weight is 485 g/mol. The number of amides is 2. The maximum atomic E-state index is 13.8. The molecule has 1 saturated heterocycles. The number of rotatable bonds is 11. The van der Waals surface area contributed by atoms with Gasteiger partial charge in [-0.3, -0.25) is 9.59 Å². The number of aryl methyl sites for hydroxylation is 1. The van der Waals surface area contributed by atoms with E-state index in [1.54, 1.807) is 7.11 Å². The van der Waals surface area contributed by atoms with Gasteiger partial charge in [-0.25, -0.2) is 0 Å². The Hall–Kier alpha value is -2.42. The Morgan fingerprint density at radius 3 is 2.69 bits per heavy atom. The maximum Gasteiger partial charge on any atom is 0.230 e. The first-order valence-corrected chi connectivity index (χ1v) is 12.9. The van der Waals surface area contributed by atoms with Crippen molar-refractivity contribution < 1.29 is 19.4 Å². The molecule has 1 aliphatic carbocycles. The van der Waals surface area contributed by atoms with Crippen molar-refractivity contribution in [2.75, 3.05) is 33.4 Å². The Kier molecular flexibility index (Phi) is 8.46. The van der Waals surface area contributed by atoms with E-state index in [1.807, 2.05) is 30.9 Å². The van der Waals surface area contributed by atoms with Gasteiger partial charge >= 0.3 is 0 Å². The predicted octanol–water partition coefficient (Wildman–Crippen LogP) is 2.14. The van der Waals surface area contributed by atoms with Gasteiger partial charge in [0.1, 0.15) is 0 Å². The quantitative estimate of drug-likeness (QED) is 0.425. The second-order valence-electron chi connectivity index (χ2n) is 10.4. The van der Waals surface area contributed by atoms with Gasteiger partial charge in [0.2, 0.25) is 11.8 Å². The van der Waals surface area contributed by atoms with E-state index in [4.69, 9.17) is 4.74 Å². The van der Waals surface area contributed by atoms with Gasteiger partial charge in [0, 0.05) is 69.6 Å². The molecule has 0 spiro atoms. The Labute approximate surface area is 208 Å². The van der Waals surface area contributed by atoms with Crippen LogP contribution in [-0.4, -0.2) is 71.9 Å². The molecule has 2 amide bonds. The minimum atomic E-state index is -0.993. The third-order valence-corrected chi connectivity index (χ3v) is 7.12. The molecule has 4 rings (SSSR count). The zero-order chi connectivity index (χ0) is 24.9. The van der Waals surface area contributed by atoms with Gasteiger partial charge in [0.15, 0.2) is 0 Å². The molecule has 2 fully saturated rings. The summed E-state index contributed by atoms with van der Waals surface area (Å²) < 4.78 is 7.46. The molecular weight excluding hydrogens is 444 g/mol. The zero-order valence-corrected chi connectivity index (χ0v) is 21.2. The summed E-state index contributed by atoms with van der Waals surface area (Å²) in [4.78, 5) is 28.4. The van der Waals surface area contributed by atoms with E-state index in [1.165, 1.54) is 0 Å². The number of hydrogen-bond acceptors (Lipinski definition) is 5. The van der Waals surface area contributed by atoms with Crippen LogP contribution in [0.1, 0.15) is 38.7 Å². The maximum absolute atomic E-state index is 13.8. The van der Waals surface area contributed by atoms with Crippen LogP contribution < -0.4 is 10.6 Å². The van der Waals surface area contributed by atoms with Crippen LogP contribution in [0.3, 0.4) is 0 Å². The van der Waals surface area contributed by atoms with E-state index in [0.717, 1.165) is 42.3 Å². The number of para-hydroxylation sites is 1. The lowest BCUT2D eigenvalue weighted by Crippen LogP contribution is -2.57. The summed E-state index contributed by atoms with van der Waals surface area (Å²) in [7, 11) is 1.71. The summed E-state index contributed by atoms with van der Waals surface area (Å²) >= 11 is 0. The topological polar surface area (TPSA) is 95.8 Å². The van der Waals surface area contributed by atoms with Crippen LogP contribution in [0.2, 0.25) is 0 Å². The number of carbonyl (C=O) groups excluding carboxylic acids is 2. The first-order chi connectivity index (χ1) is 16.9. The Balaban J connectivity index is 1.51. The Morgan fingerprint density at radius 2 is 1.97 bits per heavy atom. The first kappa shape index (κ1) is 25.7. The fraction of sp³-hybridized carbons (Fsp3) is 0.630. The minimum absolute atomic E-state index is 0.0647. The van der Waals surface area contributed by atoms with Crippen LogP contribution in [0.4, 0.5) is 0 Å². The van der Waals surface area contributed by atoms with Gasteiger partial charge in [-0.1, -0.05) is 32.0 Å². The number of hydrogen-bond donors (Lipinski definition) is 3. The number of fused-ring (bicyclic) bond motifs is 1. The summed E-state index contributed by atoms with van der Waals surface area (Å²) in [6.07, 6.45) is 4.04. The van der Waals surface area contributed by atoms with Crippen LogP contribution in [0.15, 0.2) is 30.5 Å². The molecule has 2 heterocycles. The van der Waals surface area contributed by atoms with E-state index >= 15 is 0 Å². The number of aliphatic hydroxyl groups excluding tert-OH is 1. The van der Waals surface area contributed by atoms with Crippen molar-refractivity contribution in [3.05, 3.63) is 36.0 Å². The van der Waals surface area contributed by atoms with Gasteiger partial charge in [-0.2, -0.15) is 0 Å². The number of nitrogens with zero attached hydrogens (tertiary/aromatic N) is 2. The van der Waals surface area contributed by atoms with Gasteiger partial charge in [-0.15, -0.1) is 0 Å². The number of methoxy groups -OCH3 is 1. The average Bonchev–Trinajstić information content (AvgIpc) is 3.63. The van der Waals surface area contributed by atoms with Crippen molar-refractivity contribution in [2.24, 2.45) is 17.8 Å². The third-order valence-electron chi connectivity index (χ3n) is 7.12. The highest BCUT2D eigenvalue weighted by Gasteiger charge is 2.44. The molecule has 1 aromatic carbocycles. The second kappa shape index (κ2) is 11.5. The van der Waals surface area contributed by atoms with E-state index in [0.29, 0.717) is 38.7 Å². The SMILES string of the molecule is COCCCn1cc(CN(C(=O)[C@H]2CNC[C@@H](C(=O)NCC(C)C)[C@H]2O)C2CC2)c2ccccc21. The molecule has 3 atom stereocenters. The molecule has 192 valence electrons. The van der Waals surface area contributed by atoms with Crippen LogP contribution in [0, 0.1) is 17.8 Å². The summed E-state index contributed by atoms with van der Waals surface area (Å²) in [5.41, 5.74) is 2.27. The van der Waals surface area contributed by atoms with E-state index < -0.39 is 17.9 Å². The summed E-state index contributed by atoms with van der Waals surface area (Å²) in [6.45, 7) is 7.45. The Bertz CT molecular complexity index is 1020. The molecule has 0 bridgehead atoms. The molecule has 2 aliphatic rings. The largest absolute Gasteiger partial charge is 0.391 e. The highest BCUT2D eigenvalue weighted by molar-refractivity contribution is 5.86. The number of aromatic nitrogens is 1. The number of ether oxygens (including phenoxy) is 1. The molecule has 3 N–H and O–H groups in total. The smallest absolute Gasteiger partial charge is 0.230 e. The highest BCUT2D eigenvalue weighted by Crippen LogP contribution is 2.33. The van der Waals surface area contributed by atoms with Crippen LogP contribution in [-0.2, 0) is 27.4 Å². The minimum Gasteiger partial charge on any atom is -0.391 e. The number of piperidine rings is 1. The van der Waals surface area contributed by atoms with Crippen molar-refractivity contribution in [3.63, 3.8) is 0 Å². The molecule has 35 heavy (non-hydrogen) atoms. The van der Waals surface area contributed by atoms with Crippen molar-refractivity contribution in [2.45, 2.75) is 58.3 Å².